The Hall–Kier alpha value is -1.66. The molecular formula is C19H29N3O2S. The van der Waals surface area contributed by atoms with Crippen LogP contribution < -0.4 is 15.4 Å². The van der Waals surface area contributed by atoms with Gasteiger partial charge in [-0.05, 0) is 69.3 Å². The van der Waals surface area contributed by atoms with Crippen LogP contribution in [0.15, 0.2) is 24.3 Å². The summed E-state index contributed by atoms with van der Waals surface area (Å²) in [7, 11) is 2.04. The van der Waals surface area contributed by atoms with E-state index < -0.39 is 0 Å². The van der Waals surface area contributed by atoms with Crippen molar-refractivity contribution >= 4 is 28.9 Å². The Kier molecular flexibility index (Phi) is 8.15. The molecule has 1 amide bonds. The molecule has 1 atom stereocenters. The number of hydrogen-bond acceptors (Lipinski definition) is 4. The molecule has 0 unspecified atom stereocenters. The highest BCUT2D eigenvalue weighted by Crippen LogP contribution is 2.17. The lowest BCUT2D eigenvalue weighted by atomic mass is 9.98. The van der Waals surface area contributed by atoms with E-state index in [0.717, 1.165) is 50.4 Å². The molecule has 0 bridgehead atoms. The molecule has 1 fully saturated rings. The van der Waals surface area contributed by atoms with Gasteiger partial charge in [0.25, 0.3) is 0 Å². The normalized spacial score (nSPS) is 17.8. The smallest absolute Gasteiger partial charge is 0.230 e. The Morgan fingerprint density at radius 1 is 1.32 bits per heavy atom. The van der Waals surface area contributed by atoms with Gasteiger partial charge in [0.05, 0.1) is 12.5 Å². The summed E-state index contributed by atoms with van der Waals surface area (Å²) in [5, 5.41) is 6.20. The quantitative estimate of drug-likeness (QED) is 0.574. The van der Waals surface area contributed by atoms with Crippen molar-refractivity contribution in [1.82, 2.24) is 10.2 Å². The van der Waals surface area contributed by atoms with Gasteiger partial charge in [-0.2, -0.15) is 0 Å². The van der Waals surface area contributed by atoms with Gasteiger partial charge in [-0.3, -0.25) is 4.79 Å². The summed E-state index contributed by atoms with van der Waals surface area (Å²) in [5.74, 6) is 0.860. The number of rotatable bonds is 7. The van der Waals surface area contributed by atoms with Crippen molar-refractivity contribution in [1.29, 1.82) is 0 Å². The molecule has 1 heterocycles. The van der Waals surface area contributed by atoms with E-state index in [1.807, 2.05) is 31.3 Å². The van der Waals surface area contributed by atoms with E-state index in [1.54, 1.807) is 0 Å². The number of carbonyl (C=O) groups is 1. The van der Waals surface area contributed by atoms with Crippen molar-refractivity contribution in [3.05, 3.63) is 24.3 Å². The van der Waals surface area contributed by atoms with Gasteiger partial charge in [0.15, 0.2) is 5.11 Å². The maximum absolute atomic E-state index is 12.3. The van der Waals surface area contributed by atoms with E-state index >= 15 is 0 Å². The SMILES string of the molecule is CCCCCOc1ccc(NC(=S)NC(=O)[C@H]2CCCN(C)C2)cc1. The van der Waals surface area contributed by atoms with Crippen molar-refractivity contribution in [3.63, 3.8) is 0 Å². The number of thiocarbonyl (C=S) groups is 1. The van der Waals surface area contributed by atoms with Gasteiger partial charge in [0.2, 0.25) is 5.91 Å². The van der Waals surface area contributed by atoms with Crippen LogP contribution >= 0.6 is 12.2 Å². The Bertz CT molecular complexity index is 562. The number of ether oxygens (including phenoxy) is 1. The Morgan fingerprint density at radius 3 is 2.76 bits per heavy atom. The van der Waals surface area contributed by atoms with Crippen LogP contribution in [0.3, 0.4) is 0 Å². The van der Waals surface area contributed by atoms with E-state index in [-0.39, 0.29) is 11.8 Å². The highest BCUT2D eigenvalue weighted by molar-refractivity contribution is 7.80. The first kappa shape index (κ1) is 19.7. The van der Waals surface area contributed by atoms with Crippen molar-refractivity contribution in [2.45, 2.75) is 39.0 Å². The molecule has 1 aliphatic rings. The number of carbonyl (C=O) groups excluding carboxylic acids is 1. The van der Waals surface area contributed by atoms with Crippen LogP contribution in [0.2, 0.25) is 0 Å². The molecule has 2 rings (SSSR count). The highest BCUT2D eigenvalue weighted by atomic mass is 32.1. The van der Waals surface area contributed by atoms with E-state index in [2.05, 4.69) is 22.5 Å². The van der Waals surface area contributed by atoms with Gasteiger partial charge in [-0.1, -0.05) is 19.8 Å². The minimum absolute atomic E-state index is 0.0000670. The minimum Gasteiger partial charge on any atom is -0.494 e. The van der Waals surface area contributed by atoms with Crippen LogP contribution in [0.4, 0.5) is 5.69 Å². The maximum Gasteiger partial charge on any atom is 0.230 e. The number of unbranched alkanes of at least 4 members (excludes halogenated alkanes) is 2. The lowest BCUT2D eigenvalue weighted by Gasteiger charge is -2.28. The van der Waals surface area contributed by atoms with Crippen LogP contribution in [0.1, 0.15) is 39.0 Å². The second kappa shape index (κ2) is 10.4. The fourth-order valence-corrected chi connectivity index (χ4v) is 3.15. The summed E-state index contributed by atoms with van der Waals surface area (Å²) in [6.45, 7) is 4.76. The second-order valence-electron chi connectivity index (χ2n) is 6.62. The van der Waals surface area contributed by atoms with Crippen molar-refractivity contribution < 1.29 is 9.53 Å². The van der Waals surface area contributed by atoms with E-state index in [1.165, 1.54) is 12.8 Å². The zero-order chi connectivity index (χ0) is 18.1. The van der Waals surface area contributed by atoms with Gasteiger partial charge < -0.3 is 20.3 Å². The molecule has 0 spiro atoms. The minimum atomic E-state index is -0.0000670. The van der Waals surface area contributed by atoms with Crippen LogP contribution in [0.5, 0.6) is 5.75 Å². The van der Waals surface area contributed by atoms with Crippen molar-refractivity contribution in [2.24, 2.45) is 5.92 Å². The van der Waals surface area contributed by atoms with Crippen LogP contribution in [-0.4, -0.2) is 42.7 Å². The summed E-state index contributed by atoms with van der Waals surface area (Å²) in [6.07, 6.45) is 5.41. The number of nitrogens with one attached hydrogen (secondary N) is 2. The molecule has 0 saturated carbocycles. The highest BCUT2D eigenvalue weighted by Gasteiger charge is 2.24. The summed E-state index contributed by atoms with van der Waals surface area (Å²) < 4.78 is 5.69. The molecule has 1 aliphatic heterocycles. The standard InChI is InChI=1S/C19H29N3O2S/c1-3-4-5-13-24-17-10-8-16(9-11-17)20-19(25)21-18(23)15-7-6-12-22(2)14-15/h8-11,15H,3-7,12-14H2,1-2H3,(H2,20,21,23,25)/t15-/m0/s1. The van der Waals surface area contributed by atoms with Gasteiger partial charge in [0, 0.05) is 12.2 Å². The molecule has 1 aromatic carbocycles. The summed E-state index contributed by atoms with van der Waals surface area (Å²) in [4.78, 5) is 14.5. The summed E-state index contributed by atoms with van der Waals surface area (Å²) in [6, 6.07) is 7.63. The predicted molar refractivity (Wildman–Crippen MR) is 106 cm³/mol. The molecule has 1 saturated heterocycles. The number of likely N-dealkylation sites (tertiary alicyclic amines) is 1. The van der Waals surface area contributed by atoms with Gasteiger partial charge in [0.1, 0.15) is 5.75 Å². The summed E-state index contributed by atoms with van der Waals surface area (Å²) in [5.41, 5.74) is 0.840. The fourth-order valence-electron chi connectivity index (χ4n) is 2.93. The molecule has 138 valence electrons. The molecule has 2 N–H and O–H groups in total. The number of hydrogen-bond donors (Lipinski definition) is 2. The monoisotopic (exact) mass is 363 g/mol. The topological polar surface area (TPSA) is 53.6 Å². The number of benzene rings is 1. The van der Waals surface area contributed by atoms with E-state index in [9.17, 15) is 4.79 Å². The summed E-state index contributed by atoms with van der Waals surface area (Å²) >= 11 is 5.26. The Morgan fingerprint density at radius 2 is 2.08 bits per heavy atom. The number of piperidine rings is 1. The number of anilines is 1. The molecule has 6 heteroatoms. The first-order valence-electron chi connectivity index (χ1n) is 9.11. The molecule has 0 aromatic heterocycles. The third-order valence-electron chi connectivity index (χ3n) is 4.36. The third-order valence-corrected chi connectivity index (χ3v) is 4.56. The molecule has 25 heavy (non-hydrogen) atoms. The lowest BCUT2D eigenvalue weighted by Crippen LogP contribution is -2.44. The van der Waals surface area contributed by atoms with Crippen molar-refractivity contribution in [2.75, 3.05) is 32.1 Å². The largest absolute Gasteiger partial charge is 0.494 e. The van der Waals surface area contributed by atoms with Crippen LogP contribution in [0, 0.1) is 5.92 Å². The van der Waals surface area contributed by atoms with Crippen LogP contribution in [0.25, 0.3) is 0 Å². The first-order valence-corrected chi connectivity index (χ1v) is 9.52. The molecule has 5 nitrogen and oxygen atoms in total. The molecule has 1 aromatic rings. The molecular weight excluding hydrogens is 334 g/mol. The number of nitrogens with zero attached hydrogens (tertiary/aromatic N) is 1. The number of amides is 1. The van der Waals surface area contributed by atoms with E-state index in [4.69, 9.17) is 17.0 Å². The zero-order valence-electron chi connectivity index (χ0n) is 15.2. The van der Waals surface area contributed by atoms with Gasteiger partial charge in [-0.15, -0.1) is 0 Å². The van der Waals surface area contributed by atoms with E-state index in [0.29, 0.717) is 5.11 Å². The Labute approximate surface area is 156 Å². The maximum atomic E-state index is 12.3. The third kappa shape index (κ3) is 7.00. The lowest BCUT2D eigenvalue weighted by molar-refractivity contribution is -0.125. The average Bonchev–Trinajstić information content (AvgIpc) is 2.60. The van der Waals surface area contributed by atoms with Crippen LogP contribution in [-0.2, 0) is 4.79 Å². The second-order valence-corrected chi connectivity index (χ2v) is 7.03. The molecule has 0 aliphatic carbocycles. The van der Waals surface area contributed by atoms with Gasteiger partial charge in [-0.25, -0.2) is 0 Å². The Balaban J connectivity index is 1.75. The predicted octanol–water partition coefficient (Wildman–Crippen LogP) is 3.41. The zero-order valence-corrected chi connectivity index (χ0v) is 16.0. The van der Waals surface area contributed by atoms with Crippen molar-refractivity contribution in [3.8, 4) is 5.75 Å². The fraction of sp³-hybridized carbons (Fsp3) is 0.579. The average molecular weight is 364 g/mol. The molecule has 0 radical (unpaired) electrons. The first-order chi connectivity index (χ1) is 12.1. The van der Waals surface area contributed by atoms with Gasteiger partial charge >= 0.3 is 0 Å².